The zero-order valence-electron chi connectivity index (χ0n) is 14.5. The molecule has 2 heterocycles. The summed E-state index contributed by atoms with van der Waals surface area (Å²) >= 11 is 0. The van der Waals surface area contributed by atoms with Crippen LogP contribution in [-0.4, -0.2) is 73.7 Å². The fourth-order valence-electron chi connectivity index (χ4n) is 3.52. The molecule has 0 saturated carbocycles. The molecule has 1 N–H and O–H groups in total. The van der Waals surface area contributed by atoms with E-state index in [1.165, 1.54) is 5.56 Å². The van der Waals surface area contributed by atoms with Crippen LogP contribution in [0.25, 0.3) is 0 Å². The SMILES string of the molecule is OCC(CCC1OCCO1)CN1CCN(Cc2ccccc2)CC1. The second-order valence-corrected chi connectivity index (χ2v) is 6.86. The molecule has 0 bridgehead atoms. The second kappa shape index (κ2) is 9.49. The van der Waals surface area contributed by atoms with Crippen LogP contribution < -0.4 is 0 Å². The lowest BCUT2D eigenvalue weighted by molar-refractivity contribution is -0.0523. The van der Waals surface area contributed by atoms with Gasteiger partial charge in [-0.05, 0) is 24.3 Å². The van der Waals surface area contributed by atoms with Crippen LogP contribution >= 0.6 is 0 Å². The Morgan fingerprint density at radius 3 is 2.33 bits per heavy atom. The molecule has 134 valence electrons. The van der Waals surface area contributed by atoms with Crippen LogP contribution in [0.4, 0.5) is 0 Å². The zero-order valence-corrected chi connectivity index (χ0v) is 14.5. The van der Waals surface area contributed by atoms with Gasteiger partial charge in [0.15, 0.2) is 6.29 Å². The Labute approximate surface area is 145 Å². The Bertz CT molecular complexity index is 457. The average molecular weight is 334 g/mol. The van der Waals surface area contributed by atoms with Crippen LogP contribution in [0.1, 0.15) is 18.4 Å². The first-order valence-corrected chi connectivity index (χ1v) is 9.16. The van der Waals surface area contributed by atoms with E-state index in [0.29, 0.717) is 19.1 Å². The van der Waals surface area contributed by atoms with Gasteiger partial charge in [0.25, 0.3) is 0 Å². The number of hydrogen-bond acceptors (Lipinski definition) is 5. The summed E-state index contributed by atoms with van der Waals surface area (Å²) in [5, 5.41) is 9.66. The summed E-state index contributed by atoms with van der Waals surface area (Å²) < 4.78 is 11.0. The summed E-state index contributed by atoms with van der Waals surface area (Å²) in [5.74, 6) is 0.318. The van der Waals surface area contributed by atoms with E-state index in [2.05, 4.69) is 40.1 Å². The number of hydrogen-bond donors (Lipinski definition) is 1. The highest BCUT2D eigenvalue weighted by Crippen LogP contribution is 2.17. The van der Waals surface area contributed by atoms with Crippen molar-refractivity contribution in [3.8, 4) is 0 Å². The van der Waals surface area contributed by atoms with Gasteiger partial charge in [-0.25, -0.2) is 0 Å². The summed E-state index contributed by atoms with van der Waals surface area (Å²) in [5.41, 5.74) is 1.38. The number of rotatable bonds is 8. The van der Waals surface area contributed by atoms with Gasteiger partial charge < -0.3 is 19.5 Å². The topological polar surface area (TPSA) is 45.2 Å². The number of aliphatic hydroxyl groups excluding tert-OH is 1. The molecule has 0 amide bonds. The smallest absolute Gasteiger partial charge is 0.157 e. The first-order valence-electron chi connectivity index (χ1n) is 9.16. The average Bonchev–Trinajstić information content (AvgIpc) is 3.14. The molecule has 0 aromatic heterocycles. The van der Waals surface area contributed by atoms with E-state index < -0.39 is 0 Å². The van der Waals surface area contributed by atoms with E-state index in [0.717, 1.165) is 52.1 Å². The number of piperazine rings is 1. The summed E-state index contributed by atoms with van der Waals surface area (Å²) in [6.07, 6.45) is 1.80. The van der Waals surface area contributed by atoms with E-state index in [1.54, 1.807) is 0 Å². The third kappa shape index (κ3) is 5.53. The summed E-state index contributed by atoms with van der Waals surface area (Å²) in [7, 11) is 0. The Morgan fingerprint density at radius 1 is 1.00 bits per heavy atom. The van der Waals surface area contributed by atoms with Crippen LogP contribution in [-0.2, 0) is 16.0 Å². The van der Waals surface area contributed by atoms with Crippen molar-refractivity contribution in [1.29, 1.82) is 0 Å². The van der Waals surface area contributed by atoms with Crippen molar-refractivity contribution in [2.75, 3.05) is 52.5 Å². The van der Waals surface area contributed by atoms with Crippen LogP contribution in [0.15, 0.2) is 30.3 Å². The highest BCUT2D eigenvalue weighted by Gasteiger charge is 2.22. The maximum absolute atomic E-state index is 9.66. The molecule has 2 fully saturated rings. The summed E-state index contributed by atoms with van der Waals surface area (Å²) in [6.45, 7) is 8.03. The van der Waals surface area contributed by atoms with Crippen molar-refractivity contribution in [1.82, 2.24) is 9.80 Å². The normalized spacial score (nSPS) is 22.0. The van der Waals surface area contributed by atoms with E-state index >= 15 is 0 Å². The van der Waals surface area contributed by atoms with Crippen molar-refractivity contribution < 1.29 is 14.6 Å². The molecule has 1 unspecified atom stereocenters. The van der Waals surface area contributed by atoms with Gasteiger partial charge in [-0.2, -0.15) is 0 Å². The molecule has 2 aliphatic heterocycles. The fourth-order valence-corrected chi connectivity index (χ4v) is 3.52. The van der Waals surface area contributed by atoms with Gasteiger partial charge in [0.05, 0.1) is 13.2 Å². The molecule has 2 aliphatic rings. The Kier molecular flexibility index (Phi) is 7.05. The fraction of sp³-hybridized carbons (Fsp3) is 0.684. The lowest BCUT2D eigenvalue weighted by Crippen LogP contribution is -2.47. The van der Waals surface area contributed by atoms with Gasteiger partial charge in [0, 0.05) is 45.9 Å². The molecule has 0 aliphatic carbocycles. The molecule has 0 spiro atoms. The Hall–Kier alpha value is -0.980. The molecule has 1 aromatic rings. The zero-order chi connectivity index (χ0) is 16.6. The number of ether oxygens (including phenoxy) is 2. The molecule has 1 atom stereocenters. The van der Waals surface area contributed by atoms with Crippen molar-refractivity contribution >= 4 is 0 Å². The molecule has 5 nitrogen and oxygen atoms in total. The maximum atomic E-state index is 9.66. The highest BCUT2D eigenvalue weighted by atomic mass is 16.7. The molecule has 0 radical (unpaired) electrons. The van der Waals surface area contributed by atoms with Crippen LogP contribution in [0.3, 0.4) is 0 Å². The number of benzene rings is 1. The van der Waals surface area contributed by atoms with E-state index in [1.807, 2.05) is 0 Å². The van der Waals surface area contributed by atoms with Crippen molar-refractivity contribution in [3.05, 3.63) is 35.9 Å². The predicted molar refractivity (Wildman–Crippen MR) is 93.7 cm³/mol. The third-order valence-electron chi connectivity index (χ3n) is 4.99. The van der Waals surface area contributed by atoms with Crippen molar-refractivity contribution in [2.24, 2.45) is 5.92 Å². The lowest BCUT2D eigenvalue weighted by atomic mass is 10.0. The Morgan fingerprint density at radius 2 is 1.67 bits per heavy atom. The summed E-state index contributed by atoms with van der Waals surface area (Å²) in [6, 6.07) is 10.7. The van der Waals surface area contributed by atoms with Gasteiger partial charge >= 0.3 is 0 Å². The number of nitrogens with zero attached hydrogens (tertiary/aromatic N) is 2. The van der Waals surface area contributed by atoms with Gasteiger partial charge in [-0.1, -0.05) is 30.3 Å². The quantitative estimate of drug-likeness (QED) is 0.782. The molecule has 2 saturated heterocycles. The van der Waals surface area contributed by atoms with Gasteiger partial charge in [0.2, 0.25) is 0 Å². The monoisotopic (exact) mass is 334 g/mol. The van der Waals surface area contributed by atoms with Crippen molar-refractivity contribution in [2.45, 2.75) is 25.7 Å². The van der Waals surface area contributed by atoms with Gasteiger partial charge in [-0.3, -0.25) is 4.90 Å². The van der Waals surface area contributed by atoms with E-state index in [-0.39, 0.29) is 12.9 Å². The minimum Gasteiger partial charge on any atom is -0.396 e. The van der Waals surface area contributed by atoms with Crippen molar-refractivity contribution in [3.63, 3.8) is 0 Å². The first-order chi connectivity index (χ1) is 11.8. The maximum Gasteiger partial charge on any atom is 0.157 e. The van der Waals surface area contributed by atoms with Crippen LogP contribution in [0, 0.1) is 5.92 Å². The molecule has 1 aromatic carbocycles. The van der Waals surface area contributed by atoms with Gasteiger partial charge in [0.1, 0.15) is 0 Å². The number of aliphatic hydroxyl groups is 1. The first kappa shape index (κ1) is 17.8. The lowest BCUT2D eigenvalue weighted by Gasteiger charge is -2.36. The molecule has 5 heteroatoms. The minimum absolute atomic E-state index is 0.0539. The summed E-state index contributed by atoms with van der Waals surface area (Å²) in [4.78, 5) is 5.00. The standard InChI is InChI=1S/C19H30N2O3/c22-16-18(6-7-19-23-12-13-24-19)15-21-10-8-20(9-11-21)14-17-4-2-1-3-5-17/h1-5,18-19,22H,6-16H2. The van der Waals surface area contributed by atoms with Crippen LogP contribution in [0.2, 0.25) is 0 Å². The molecule has 3 rings (SSSR count). The molecule has 24 heavy (non-hydrogen) atoms. The minimum atomic E-state index is -0.0539. The van der Waals surface area contributed by atoms with Gasteiger partial charge in [-0.15, -0.1) is 0 Å². The second-order valence-electron chi connectivity index (χ2n) is 6.86. The largest absolute Gasteiger partial charge is 0.396 e. The van der Waals surface area contributed by atoms with Crippen LogP contribution in [0.5, 0.6) is 0 Å². The highest BCUT2D eigenvalue weighted by molar-refractivity contribution is 5.14. The third-order valence-corrected chi connectivity index (χ3v) is 4.99. The Balaban J connectivity index is 1.35. The van der Waals surface area contributed by atoms with E-state index in [9.17, 15) is 5.11 Å². The predicted octanol–water partition coefficient (Wildman–Crippen LogP) is 1.57. The van der Waals surface area contributed by atoms with E-state index in [4.69, 9.17) is 9.47 Å². The molecular weight excluding hydrogens is 304 g/mol. The molecular formula is C19H30N2O3.